The summed E-state index contributed by atoms with van der Waals surface area (Å²) in [5, 5.41) is 4.26. The van der Waals surface area contributed by atoms with E-state index in [0.29, 0.717) is 11.0 Å². The van der Waals surface area contributed by atoms with E-state index in [9.17, 15) is 4.79 Å². The molecule has 1 saturated heterocycles. The van der Waals surface area contributed by atoms with E-state index in [-0.39, 0.29) is 5.56 Å². The molecule has 3 rings (SSSR count). The Labute approximate surface area is 125 Å². The largest absolute Gasteiger partial charge is 0.370 e. The van der Waals surface area contributed by atoms with Crippen molar-refractivity contribution in [3.8, 4) is 0 Å². The molecule has 0 spiro atoms. The summed E-state index contributed by atoms with van der Waals surface area (Å²) in [5.74, 6) is 0. The molecule has 0 saturated carbocycles. The lowest BCUT2D eigenvalue weighted by Crippen LogP contribution is -2.32. The third-order valence-corrected chi connectivity index (χ3v) is 4.51. The van der Waals surface area contributed by atoms with Gasteiger partial charge in [-0.2, -0.15) is 5.10 Å². The number of halogens is 1. The molecule has 5 nitrogen and oxygen atoms in total. The number of anilines is 1. The average molecular weight is 311 g/mol. The van der Waals surface area contributed by atoms with Crippen LogP contribution in [0.2, 0.25) is 4.47 Å². The summed E-state index contributed by atoms with van der Waals surface area (Å²) in [6.45, 7) is 2.44. The van der Waals surface area contributed by atoms with Crippen molar-refractivity contribution in [1.82, 2.24) is 14.8 Å². The van der Waals surface area contributed by atoms with Crippen LogP contribution in [0.1, 0.15) is 24.1 Å². The number of hydrogen-bond acceptors (Lipinski definition) is 5. The van der Waals surface area contributed by atoms with Gasteiger partial charge in [0.2, 0.25) is 0 Å². The van der Waals surface area contributed by atoms with Crippen molar-refractivity contribution in [3.05, 3.63) is 38.2 Å². The van der Waals surface area contributed by atoms with Crippen LogP contribution < -0.4 is 10.5 Å². The lowest BCUT2D eigenvalue weighted by atomic mass is 10.1. The van der Waals surface area contributed by atoms with Crippen LogP contribution in [0.25, 0.3) is 0 Å². The first-order valence-electron chi connectivity index (χ1n) is 6.65. The Balaban J connectivity index is 1.78. The predicted molar refractivity (Wildman–Crippen MR) is 80.8 cm³/mol. The van der Waals surface area contributed by atoms with Crippen LogP contribution in [-0.2, 0) is 6.54 Å². The molecule has 2 aromatic rings. The van der Waals surface area contributed by atoms with Crippen molar-refractivity contribution in [3.63, 3.8) is 0 Å². The highest BCUT2D eigenvalue weighted by Gasteiger charge is 2.12. The smallest absolute Gasteiger partial charge is 0.269 e. The second kappa shape index (κ2) is 5.93. The van der Waals surface area contributed by atoms with Gasteiger partial charge in [0.25, 0.3) is 5.56 Å². The van der Waals surface area contributed by atoms with E-state index in [1.165, 1.54) is 35.3 Å². The van der Waals surface area contributed by atoms with Crippen LogP contribution in [-0.4, -0.2) is 27.9 Å². The average Bonchev–Trinajstić information content (AvgIpc) is 2.87. The lowest BCUT2D eigenvalue weighted by molar-refractivity contribution is 0.572. The van der Waals surface area contributed by atoms with Gasteiger partial charge in [-0.1, -0.05) is 11.6 Å². The highest BCUT2D eigenvalue weighted by atomic mass is 35.5. The Morgan fingerprint density at radius 2 is 2.05 bits per heavy atom. The fourth-order valence-corrected chi connectivity index (χ4v) is 3.33. The molecule has 7 heteroatoms. The van der Waals surface area contributed by atoms with Crippen LogP contribution in [0.5, 0.6) is 0 Å². The van der Waals surface area contributed by atoms with Gasteiger partial charge >= 0.3 is 0 Å². The van der Waals surface area contributed by atoms with Gasteiger partial charge in [-0.15, -0.1) is 11.3 Å². The zero-order chi connectivity index (χ0) is 13.9. The number of piperidine rings is 1. The summed E-state index contributed by atoms with van der Waals surface area (Å²) in [5.41, 5.74) is 0.839. The number of rotatable bonds is 3. The minimum atomic E-state index is -0.0856. The maximum absolute atomic E-state index is 12.1. The number of aromatic nitrogens is 3. The van der Waals surface area contributed by atoms with Crippen molar-refractivity contribution < 1.29 is 0 Å². The molecule has 1 aliphatic rings. The molecule has 20 heavy (non-hydrogen) atoms. The summed E-state index contributed by atoms with van der Waals surface area (Å²) in [6, 6.07) is 1.67. The highest BCUT2D eigenvalue weighted by Crippen LogP contribution is 2.19. The van der Waals surface area contributed by atoms with Gasteiger partial charge in [0.15, 0.2) is 4.47 Å². The van der Waals surface area contributed by atoms with Crippen molar-refractivity contribution >= 4 is 28.6 Å². The van der Waals surface area contributed by atoms with Gasteiger partial charge in [0.05, 0.1) is 18.4 Å². The summed E-state index contributed by atoms with van der Waals surface area (Å²) in [7, 11) is 0. The summed E-state index contributed by atoms with van der Waals surface area (Å²) in [4.78, 5) is 19.2. The first-order chi connectivity index (χ1) is 9.72. The van der Waals surface area contributed by atoms with E-state index in [1.54, 1.807) is 18.5 Å². The van der Waals surface area contributed by atoms with E-state index in [0.717, 1.165) is 23.7 Å². The molecule has 0 radical (unpaired) electrons. The molecule has 1 fully saturated rings. The second-order valence-electron chi connectivity index (χ2n) is 4.84. The molecule has 3 heterocycles. The van der Waals surface area contributed by atoms with Gasteiger partial charge in [-0.25, -0.2) is 9.67 Å². The monoisotopic (exact) mass is 310 g/mol. The normalized spacial score (nSPS) is 15.6. The topological polar surface area (TPSA) is 51.0 Å². The van der Waals surface area contributed by atoms with Gasteiger partial charge in [-0.05, 0) is 19.3 Å². The molecular formula is C13H15ClN4OS. The van der Waals surface area contributed by atoms with Gasteiger partial charge in [-0.3, -0.25) is 4.79 Å². The second-order valence-corrected chi connectivity index (χ2v) is 6.53. The molecule has 0 unspecified atom stereocenters. The SMILES string of the molecule is O=c1cc(N2CCCCC2)cnn1Cc1cnc(Cl)s1. The van der Waals surface area contributed by atoms with E-state index < -0.39 is 0 Å². The summed E-state index contributed by atoms with van der Waals surface area (Å²) in [6.07, 6.45) is 7.09. The number of hydrogen-bond donors (Lipinski definition) is 0. The Bertz CT molecular complexity index is 648. The Morgan fingerprint density at radius 1 is 1.25 bits per heavy atom. The van der Waals surface area contributed by atoms with Crippen LogP contribution in [0.4, 0.5) is 5.69 Å². The van der Waals surface area contributed by atoms with E-state index in [4.69, 9.17) is 11.6 Å². The number of thiazole rings is 1. The molecule has 0 amide bonds. The molecule has 0 atom stereocenters. The van der Waals surface area contributed by atoms with Gasteiger partial charge < -0.3 is 4.90 Å². The maximum Gasteiger partial charge on any atom is 0.269 e. The van der Waals surface area contributed by atoms with Crippen molar-refractivity contribution in [2.24, 2.45) is 0 Å². The minimum absolute atomic E-state index is 0.0856. The van der Waals surface area contributed by atoms with E-state index in [2.05, 4.69) is 15.0 Å². The van der Waals surface area contributed by atoms with Crippen molar-refractivity contribution in [1.29, 1.82) is 0 Å². The van der Waals surface area contributed by atoms with Crippen molar-refractivity contribution in [2.75, 3.05) is 18.0 Å². The van der Waals surface area contributed by atoms with Gasteiger partial charge in [0, 0.05) is 30.2 Å². The first kappa shape index (κ1) is 13.6. The zero-order valence-corrected chi connectivity index (χ0v) is 12.5. The molecular weight excluding hydrogens is 296 g/mol. The molecule has 1 aliphatic heterocycles. The molecule has 0 N–H and O–H groups in total. The van der Waals surface area contributed by atoms with Crippen LogP contribution in [0.15, 0.2) is 23.3 Å². The lowest BCUT2D eigenvalue weighted by Gasteiger charge is -2.28. The first-order valence-corrected chi connectivity index (χ1v) is 7.84. The Hall–Kier alpha value is -1.40. The van der Waals surface area contributed by atoms with E-state index >= 15 is 0 Å². The molecule has 0 aromatic carbocycles. The Morgan fingerprint density at radius 3 is 2.70 bits per heavy atom. The maximum atomic E-state index is 12.1. The highest BCUT2D eigenvalue weighted by molar-refractivity contribution is 7.15. The summed E-state index contributed by atoms with van der Waals surface area (Å²) < 4.78 is 1.93. The molecule has 0 bridgehead atoms. The standard InChI is InChI=1S/C13H15ClN4OS/c14-13-15-8-11(20-13)9-18-12(19)6-10(7-16-18)17-4-2-1-3-5-17/h6-8H,1-5,9H2. The van der Waals surface area contributed by atoms with E-state index in [1.807, 2.05) is 0 Å². The molecule has 2 aromatic heterocycles. The molecule has 106 valence electrons. The quantitative estimate of drug-likeness (QED) is 0.873. The van der Waals surface area contributed by atoms with Gasteiger partial charge in [0.1, 0.15) is 0 Å². The van der Waals surface area contributed by atoms with Crippen LogP contribution in [0.3, 0.4) is 0 Å². The zero-order valence-electron chi connectivity index (χ0n) is 11.0. The van der Waals surface area contributed by atoms with Crippen LogP contribution in [0, 0.1) is 0 Å². The minimum Gasteiger partial charge on any atom is -0.370 e. The fraction of sp³-hybridized carbons (Fsp3) is 0.462. The fourth-order valence-electron chi connectivity index (χ4n) is 2.37. The Kier molecular flexibility index (Phi) is 4.03. The predicted octanol–water partition coefficient (Wildman–Crippen LogP) is 2.39. The third-order valence-electron chi connectivity index (χ3n) is 3.41. The number of nitrogens with zero attached hydrogens (tertiary/aromatic N) is 4. The van der Waals surface area contributed by atoms with Crippen molar-refractivity contribution in [2.45, 2.75) is 25.8 Å². The third kappa shape index (κ3) is 3.02. The summed E-state index contributed by atoms with van der Waals surface area (Å²) >= 11 is 7.15. The molecule has 0 aliphatic carbocycles. The van der Waals surface area contributed by atoms with Crippen LogP contribution >= 0.6 is 22.9 Å².